The van der Waals surface area contributed by atoms with Crippen molar-refractivity contribution < 1.29 is 9.59 Å². The smallest absolute Gasteiger partial charge is 0.321 e. The summed E-state index contributed by atoms with van der Waals surface area (Å²) in [6, 6.07) is 14.5. The number of anilines is 2. The molecule has 2 aliphatic heterocycles. The van der Waals surface area contributed by atoms with Gasteiger partial charge in [-0.1, -0.05) is 44.2 Å². The Morgan fingerprint density at radius 2 is 1.89 bits per heavy atom. The Morgan fingerprint density at radius 3 is 2.56 bits per heavy atom. The molecule has 4 rings (SSSR count). The van der Waals surface area contributed by atoms with Crippen LogP contribution in [0.25, 0.3) is 0 Å². The maximum atomic E-state index is 12.3. The Balaban J connectivity index is 1.64. The van der Waals surface area contributed by atoms with Gasteiger partial charge in [-0.3, -0.25) is 9.69 Å². The summed E-state index contributed by atoms with van der Waals surface area (Å²) in [6.07, 6.45) is 1.50. The molecule has 2 aromatic rings. The molecule has 5 heteroatoms. The fourth-order valence-electron chi connectivity index (χ4n) is 3.99. The summed E-state index contributed by atoms with van der Waals surface area (Å²) in [4.78, 5) is 25.9. The first kappa shape index (κ1) is 17.6. The zero-order chi connectivity index (χ0) is 19.0. The van der Waals surface area contributed by atoms with Crippen LogP contribution in [0.4, 0.5) is 16.2 Å². The molecule has 1 atom stereocenters. The van der Waals surface area contributed by atoms with Gasteiger partial charge >= 0.3 is 6.03 Å². The van der Waals surface area contributed by atoms with Gasteiger partial charge in [-0.25, -0.2) is 4.79 Å². The van der Waals surface area contributed by atoms with Gasteiger partial charge in [-0.15, -0.1) is 0 Å². The van der Waals surface area contributed by atoms with Crippen LogP contribution in [0, 0.1) is 5.92 Å². The second-order valence-corrected chi connectivity index (χ2v) is 7.80. The maximum Gasteiger partial charge on any atom is 0.321 e. The molecule has 0 aliphatic carbocycles. The number of benzene rings is 2. The molecule has 0 spiro atoms. The number of urea groups is 1. The molecule has 0 bridgehead atoms. The van der Waals surface area contributed by atoms with Crippen molar-refractivity contribution in [1.82, 2.24) is 5.32 Å². The Morgan fingerprint density at radius 1 is 1.11 bits per heavy atom. The van der Waals surface area contributed by atoms with Crippen LogP contribution < -0.4 is 15.5 Å². The molecule has 2 N–H and O–H groups in total. The predicted octanol–water partition coefficient (Wildman–Crippen LogP) is 3.89. The lowest BCUT2D eigenvalue weighted by molar-refractivity contribution is -0.116. The highest BCUT2D eigenvalue weighted by Crippen LogP contribution is 2.39. The lowest BCUT2D eigenvalue weighted by atomic mass is 9.84. The SMILES string of the molecule is CC(C)Cc1ccc([C@H]2CC(=O)Nc3cc(N4CCNC4=O)ccc32)cc1. The molecule has 140 valence electrons. The van der Waals surface area contributed by atoms with Crippen LogP contribution in [0.3, 0.4) is 0 Å². The van der Waals surface area contributed by atoms with Crippen molar-refractivity contribution in [3.63, 3.8) is 0 Å². The number of amides is 3. The van der Waals surface area contributed by atoms with Gasteiger partial charge < -0.3 is 10.6 Å². The molecule has 0 saturated carbocycles. The molecule has 1 saturated heterocycles. The van der Waals surface area contributed by atoms with Crippen LogP contribution in [-0.4, -0.2) is 25.0 Å². The first-order chi connectivity index (χ1) is 13.0. The summed E-state index contributed by atoms with van der Waals surface area (Å²) >= 11 is 0. The number of nitrogens with zero attached hydrogens (tertiary/aromatic N) is 1. The van der Waals surface area contributed by atoms with Crippen molar-refractivity contribution in [3.05, 3.63) is 59.2 Å². The van der Waals surface area contributed by atoms with E-state index in [0.29, 0.717) is 25.4 Å². The topological polar surface area (TPSA) is 61.4 Å². The van der Waals surface area contributed by atoms with E-state index in [-0.39, 0.29) is 17.9 Å². The molecule has 2 heterocycles. The molecular weight excluding hydrogens is 338 g/mol. The number of hydrogen-bond acceptors (Lipinski definition) is 2. The summed E-state index contributed by atoms with van der Waals surface area (Å²) < 4.78 is 0. The standard InChI is InChI=1S/C22H25N3O2/c1-14(2)11-15-3-5-16(6-4-15)19-13-21(26)24-20-12-17(7-8-18(19)20)25-10-9-23-22(25)27/h3-8,12,14,19H,9-11,13H2,1-2H3,(H,23,27)(H,24,26)/t19-/m1/s1. The minimum absolute atomic E-state index is 0.0155. The summed E-state index contributed by atoms with van der Waals surface area (Å²) in [5, 5.41) is 5.79. The highest BCUT2D eigenvalue weighted by Gasteiger charge is 2.28. The highest BCUT2D eigenvalue weighted by atomic mass is 16.2. The largest absolute Gasteiger partial charge is 0.336 e. The molecule has 0 radical (unpaired) electrons. The molecular formula is C22H25N3O2. The first-order valence-electron chi connectivity index (χ1n) is 9.59. The second kappa shape index (κ2) is 7.06. The van der Waals surface area contributed by atoms with E-state index in [4.69, 9.17) is 0 Å². The Labute approximate surface area is 159 Å². The van der Waals surface area contributed by atoms with Crippen molar-refractivity contribution in [2.45, 2.75) is 32.6 Å². The molecule has 0 aromatic heterocycles. The number of nitrogens with one attached hydrogen (secondary N) is 2. The van der Waals surface area contributed by atoms with Gasteiger partial charge in [0.1, 0.15) is 0 Å². The second-order valence-electron chi connectivity index (χ2n) is 7.80. The third-order valence-electron chi connectivity index (χ3n) is 5.27. The summed E-state index contributed by atoms with van der Waals surface area (Å²) in [7, 11) is 0. The van der Waals surface area contributed by atoms with E-state index >= 15 is 0 Å². The first-order valence-corrected chi connectivity index (χ1v) is 9.59. The van der Waals surface area contributed by atoms with Gasteiger partial charge in [0, 0.05) is 36.8 Å². The van der Waals surface area contributed by atoms with E-state index in [2.05, 4.69) is 48.7 Å². The molecule has 5 nitrogen and oxygen atoms in total. The van der Waals surface area contributed by atoms with Gasteiger partial charge in [-0.2, -0.15) is 0 Å². The van der Waals surface area contributed by atoms with Crippen LogP contribution in [0.15, 0.2) is 42.5 Å². The Hall–Kier alpha value is -2.82. The molecule has 2 aromatic carbocycles. The summed E-state index contributed by atoms with van der Waals surface area (Å²) in [5.41, 5.74) is 5.21. The van der Waals surface area contributed by atoms with Crippen LogP contribution in [0.5, 0.6) is 0 Å². The van der Waals surface area contributed by atoms with E-state index in [1.54, 1.807) is 4.90 Å². The van der Waals surface area contributed by atoms with Crippen LogP contribution >= 0.6 is 0 Å². The fraction of sp³-hybridized carbons (Fsp3) is 0.364. The monoisotopic (exact) mass is 363 g/mol. The van der Waals surface area contributed by atoms with Crippen molar-refractivity contribution in [2.75, 3.05) is 23.3 Å². The molecule has 27 heavy (non-hydrogen) atoms. The lowest BCUT2D eigenvalue weighted by Crippen LogP contribution is -2.28. The zero-order valence-electron chi connectivity index (χ0n) is 15.8. The van der Waals surface area contributed by atoms with Gasteiger partial charge in [0.2, 0.25) is 5.91 Å². The maximum absolute atomic E-state index is 12.3. The highest BCUT2D eigenvalue weighted by molar-refractivity contribution is 5.98. The van der Waals surface area contributed by atoms with E-state index in [0.717, 1.165) is 28.9 Å². The summed E-state index contributed by atoms with van der Waals surface area (Å²) in [6.45, 7) is 5.72. The third-order valence-corrected chi connectivity index (χ3v) is 5.27. The van der Waals surface area contributed by atoms with Crippen molar-refractivity contribution in [2.24, 2.45) is 5.92 Å². The minimum atomic E-state index is -0.0885. The quantitative estimate of drug-likeness (QED) is 0.866. The molecule has 1 fully saturated rings. The average Bonchev–Trinajstić information content (AvgIpc) is 3.06. The van der Waals surface area contributed by atoms with Crippen molar-refractivity contribution in [3.8, 4) is 0 Å². The zero-order valence-corrected chi connectivity index (χ0v) is 15.8. The number of fused-ring (bicyclic) bond motifs is 1. The number of carbonyl (C=O) groups is 2. The number of carbonyl (C=O) groups excluding carboxylic acids is 2. The van der Waals surface area contributed by atoms with Gasteiger partial charge in [-0.05, 0) is 41.2 Å². The lowest BCUT2D eigenvalue weighted by Gasteiger charge is -2.27. The molecule has 0 unspecified atom stereocenters. The minimum Gasteiger partial charge on any atom is -0.336 e. The van der Waals surface area contributed by atoms with Gasteiger partial charge in [0.25, 0.3) is 0 Å². The van der Waals surface area contributed by atoms with E-state index in [9.17, 15) is 9.59 Å². The molecule has 2 aliphatic rings. The van der Waals surface area contributed by atoms with Crippen molar-refractivity contribution >= 4 is 23.3 Å². The summed E-state index contributed by atoms with van der Waals surface area (Å²) in [5.74, 6) is 0.684. The molecule has 3 amide bonds. The average molecular weight is 363 g/mol. The predicted molar refractivity (Wildman–Crippen MR) is 107 cm³/mol. The number of rotatable bonds is 4. The third kappa shape index (κ3) is 3.54. The van der Waals surface area contributed by atoms with E-state index in [1.165, 1.54) is 5.56 Å². The van der Waals surface area contributed by atoms with Crippen LogP contribution in [0.2, 0.25) is 0 Å². The Kier molecular flexibility index (Phi) is 4.60. The van der Waals surface area contributed by atoms with E-state index in [1.807, 2.05) is 18.2 Å². The Bertz CT molecular complexity index is 874. The van der Waals surface area contributed by atoms with Gasteiger partial charge in [0.15, 0.2) is 0 Å². The number of hydrogen-bond donors (Lipinski definition) is 2. The normalized spacial score (nSPS) is 19.1. The van der Waals surface area contributed by atoms with Crippen LogP contribution in [-0.2, 0) is 11.2 Å². The van der Waals surface area contributed by atoms with E-state index < -0.39 is 0 Å². The van der Waals surface area contributed by atoms with Crippen LogP contribution in [0.1, 0.15) is 42.9 Å². The van der Waals surface area contributed by atoms with Crippen molar-refractivity contribution in [1.29, 1.82) is 0 Å². The van der Waals surface area contributed by atoms with Gasteiger partial charge in [0.05, 0.1) is 0 Å². The fourth-order valence-corrected chi connectivity index (χ4v) is 3.99.